The van der Waals surface area contributed by atoms with Crippen molar-refractivity contribution < 1.29 is 14.4 Å². The van der Waals surface area contributed by atoms with Crippen LogP contribution in [0.3, 0.4) is 0 Å². The smallest absolute Gasteiger partial charge is 0.324 e. The Morgan fingerprint density at radius 1 is 0.353 bits per heavy atom. The Bertz CT molecular complexity index is 428. The van der Waals surface area contributed by atoms with E-state index < -0.39 is 7.60 Å². The van der Waals surface area contributed by atoms with Crippen LogP contribution < -0.4 is 0 Å². The molecular weight excluding hydrogens is 459 g/mol. The van der Waals surface area contributed by atoms with E-state index in [1.165, 1.54) is 154 Å². The fourth-order valence-corrected chi connectivity index (χ4v) is 5.71. The molecule has 0 fully saturated rings. The Morgan fingerprint density at radius 3 is 0.706 bits per heavy atom. The van der Waals surface area contributed by atoms with Gasteiger partial charge in [-0.3, -0.25) is 4.57 Å². The molecule has 0 aromatic carbocycles. The molecule has 0 rings (SSSR count). The van der Waals surface area contributed by atoms with Crippen molar-refractivity contribution in [2.45, 2.75) is 173 Å². The third-order valence-corrected chi connectivity index (χ3v) is 8.32. The highest BCUT2D eigenvalue weighted by molar-refractivity contribution is 7.80. The predicted octanol–water partition coefficient (Wildman–Crippen LogP) is 10.6. The van der Waals surface area contributed by atoms with Gasteiger partial charge in [-0.15, -0.1) is 0 Å². The van der Waals surface area contributed by atoms with Gasteiger partial charge in [-0.2, -0.15) is 12.6 Å². The van der Waals surface area contributed by atoms with Crippen LogP contribution in [0.1, 0.15) is 173 Å². The fraction of sp³-hybridized carbons (Fsp3) is 1.00. The van der Waals surface area contributed by atoms with E-state index in [4.69, 9.17) is 9.79 Å². The maximum absolute atomic E-state index is 10.8. The average molecular weight is 521 g/mol. The third-order valence-electron chi connectivity index (χ3n) is 7.11. The van der Waals surface area contributed by atoms with Gasteiger partial charge >= 0.3 is 7.60 Å². The van der Waals surface area contributed by atoms with Crippen LogP contribution in [0.5, 0.6) is 0 Å². The van der Waals surface area contributed by atoms with Crippen molar-refractivity contribution >= 4 is 20.2 Å². The summed E-state index contributed by atoms with van der Waals surface area (Å²) in [5.74, 6) is 1.06. The van der Waals surface area contributed by atoms with Gasteiger partial charge < -0.3 is 9.79 Å². The summed E-state index contributed by atoms with van der Waals surface area (Å²) >= 11 is 4.27. The van der Waals surface area contributed by atoms with Gasteiger partial charge in [-0.25, -0.2) is 0 Å². The van der Waals surface area contributed by atoms with E-state index in [1.807, 2.05) is 0 Å². The first kappa shape index (κ1) is 34.5. The Morgan fingerprint density at radius 2 is 0.529 bits per heavy atom. The van der Waals surface area contributed by atoms with Crippen LogP contribution in [0, 0.1) is 0 Å². The van der Waals surface area contributed by atoms with Gasteiger partial charge in [0.25, 0.3) is 0 Å². The van der Waals surface area contributed by atoms with E-state index in [1.54, 1.807) is 0 Å². The molecule has 0 spiro atoms. The monoisotopic (exact) mass is 520 g/mol. The van der Waals surface area contributed by atoms with Crippen molar-refractivity contribution in [3.05, 3.63) is 0 Å². The molecular formula is C29H61O3PS. The summed E-state index contributed by atoms with van der Waals surface area (Å²) in [4.78, 5) is 17.6. The topological polar surface area (TPSA) is 57.5 Å². The minimum absolute atomic E-state index is 0.0606. The molecule has 0 aliphatic heterocycles. The highest BCUT2D eigenvalue weighted by Crippen LogP contribution is 2.35. The summed E-state index contributed by atoms with van der Waals surface area (Å²) in [5.41, 5.74) is 0. The van der Waals surface area contributed by atoms with E-state index in [0.29, 0.717) is 6.42 Å². The molecule has 206 valence electrons. The van der Waals surface area contributed by atoms with Crippen molar-refractivity contribution in [1.82, 2.24) is 0 Å². The Hall–Kier alpha value is 0.500. The van der Waals surface area contributed by atoms with Gasteiger partial charge in [0.2, 0.25) is 0 Å². The Kier molecular flexibility index (Phi) is 28.5. The lowest BCUT2D eigenvalue weighted by molar-refractivity contribution is 0.370. The van der Waals surface area contributed by atoms with E-state index in [9.17, 15) is 4.57 Å². The normalized spacial score (nSPS) is 12.0. The van der Waals surface area contributed by atoms with Crippen LogP contribution >= 0.6 is 20.2 Å². The van der Waals surface area contributed by atoms with Crippen LogP contribution in [0.2, 0.25) is 0 Å². The molecule has 5 heteroatoms. The molecule has 0 radical (unpaired) electrons. The van der Waals surface area contributed by atoms with Crippen LogP contribution in [-0.4, -0.2) is 21.7 Å². The first-order valence-electron chi connectivity index (χ1n) is 15.2. The molecule has 0 aliphatic rings. The SMILES string of the molecule is O=P(O)(O)CCCCCCCCCCCCCCCCCCCCCCCCCCCCCS. The number of unbranched alkanes of at least 4 members (excludes halogenated alkanes) is 26. The molecule has 0 saturated heterocycles. The van der Waals surface area contributed by atoms with Crippen molar-refractivity contribution in [1.29, 1.82) is 0 Å². The molecule has 0 aromatic heterocycles. The molecule has 0 saturated carbocycles. The summed E-state index contributed by atoms with van der Waals surface area (Å²) in [5, 5.41) is 0. The quantitative estimate of drug-likeness (QED) is 0.0522. The van der Waals surface area contributed by atoms with Crippen molar-refractivity contribution in [2.24, 2.45) is 0 Å². The van der Waals surface area contributed by atoms with E-state index in [0.717, 1.165) is 18.6 Å². The largest absolute Gasteiger partial charge is 0.325 e. The molecule has 0 bridgehead atoms. The molecule has 0 unspecified atom stereocenters. The summed E-state index contributed by atoms with van der Waals surface area (Å²) in [6, 6.07) is 0. The maximum atomic E-state index is 10.8. The van der Waals surface area contributed by atoms with Crippen molar-refractivity contribution in [3.63, 3.8) is 0 Å². The Labute approximate surface area is 219 Å². The van der Waals surface area contributed by atoms with Crippen molar-refractivity contribution in [2.75, 3.05) is 11.9 Å². The number of hydrogen-bond acceptors (Lipinski definition) is 2. The first-order valence-corrected chi connectivity index (χ1v) is 17.6. The summed E-state index contributed by atoms with van der Waals surface area (Å²) < 4.78 is 10.8. The van der Waals surface area contributed by atoms with Crippen LogP contribution in [0.15, 0.2) is 0 Å². The highest BCUT2D eigenvalue weighted by Gasteiger charge is 2.10. The van der Waals surface area contributed by atoms with Gasteiger partial charge in [0.05, 0.1) is 0 Å². The molecule has 0 aromatic rings. The number of thiol groups is 1. The van der Waals surface area contributed by atoms with E-state index in [-0.39, 0.29) is 6.16 Å². The minimum Gasteiger partial charge on any atom is -0.324 e. The molecule has 2 N–H and O–H groups in total. The summed E-state index contributed by atoms with van der Waals surface area (Å²) in [6.07, 6.45) is 36.5. The zero-order valence-electron chi connectivity index (χ0n) is 22.7. The molecule has 34 heavy (non-hydrogen) atoms. The van der Waals surface area contributed by atoms with E-state index >= 15 is 0 Å². The van der Waals surface area contributed by atoms with Gasteiger partial charge in [-0.05, 0) is 18.6 Å². The standard InChI is InChI=1S/C29H61O3PS/c30-33(31,32)28-26-24-22-20-18-16-14-12-10-8-6-4-2-1-3-5-7-9-11-13-15-17-19-21-23-25-27-29-34/h34H,1-29H2,(H2,30,31,32). The lowest BCUT2D eigenvalue weighted by atomic mass is 10.0. The lowest BCUT2D eigenvalue weighted by Crippen LogP contribution is -1.88. The number of hydrogen-bond donors (Lipinski definition) is 3. The molecule has 0 heterocycles. The number of rotatable bonds is 29. The zero-order valence-corrected chi connectivity index (χ0v) is 24.5. The second-order valence-electron chi connectivity index (χ2n) is 10.7. The molecule has 3 nitrogen and oxygen atoms in total. The van der Waals surface area contributed by atoms with Crippen LogP contribution in [0.4, 0.5) is 0 Å². The minimum atomic E-state index is -3.77. The van der Waals surface area contributed by atoms with Crippen LogP contribution in [0.25, 0.3) is 0 Å². The predicted molar refractivity (Wildman–Crippen MR) is 155 cm³/mol. The second kappa shape index (κ2) is 28.1. The van der Waals surface area contributed by atoms with Gasteiger partial charge in [-0.1, -0.05) is 161 Å². The maximum Gasteiger partial charge on any atom is 0.325 e. The fourth-order valence-electron chi connectivity index (χ4n) is 4.85. The van der Waals surface area contributed by atoms with Gasteiger partial charge in [0.15, 0.2) is 0 Å². The lowest BCUT2D eigenvalue weighted by Gasteiger charge is -2.05. The zero-order chi connectivity index (χ0) is 25.0. The van der Waals surface area contributed by atoms with Gasteiger partial charge in [0.1, 0.15) is 0 Å². The molecule has 0 aliphatic carbocycles. The third kappa shape index (κ3) is 32.5. The van der Waals surface area contributed by atoms with E-state index in [2.05, 4.69) is 12.6 Å². The average Bonchev–Trinajstić information content (AvgIpc) is 2.80. The van der Waals surface area contributed by atoms with Crippen molar-refractivity contribution in [3.8, 4) is 0 Å². The first-order chi connectivity index (χ1) is 16.6. The van der Waals surface area contributed by atoms with Crippen LogP contribution in [-0.2, 0) is 4.57 Å². The molecule has 0 atom stereocenters. The summed E-state index contributed by atoms with van der Waals surface area (Å²) in [7, 11) is -3.77. The highest BCUT2D eigenvalue weighted by atomic mass is 32.1. The molecule has 0 amide bonds. The second-order valence-corrected chi connectivity index (χ2v) is 12.9. The Balaban J connectivity index is 3.03. The van der Waals surface area contributed by atoms with Gasteiger partial charge in [0, 0.05) is 6.16 Å². The summed E-state index contributed by atoms with van der Waals surface area (Å²) in [6.45, 7) is 0.